The van der Waals surface area contributed by atoms with Gasteiger partial charge in [-0.1, -0.05) is 6.07 Å². The second-order valence-corrected chi connectivity index (χ2v) is 6.31. The number of hydrogen-bond donors (Lipinski definition) is 0. The lowest BCUT2D eigenvalue weighted by Gasteiger charge is -2.11. The van der Waals surface area contributed by atoms with Crippen LogP contribution in [0.5, 0.6) is 11.5 Å². The van der Waals surface area contributed by atoms with Crippen LogP contribution in [0.15, 0.2) is 28.7 Å². The van der Waals surface area contributed by atoms with E-state index >= 15 is 0 Å². The van der Waals surface area contributed by atoms with Crippen LogP contribution in [0.25, 0.3) is 0 Å². The molecule has 2 aromatic heterocycles. The van der Waals surface area contributed by atoms with Gasteiger partial charge in [-0.15, -0.1) is 10.2 Å². The van der Waals surface area contributed by atoms with E-state index in [4.69, 9.17) is 13.9 Å². The van der Waals surface area contributed by atoms with Crippen molar-refractivity contribution in [3.05, 3.63) is 53.0 Å². The minimum Gasteiger partial charge on any atom is -0.490 e. The molecule has 0 amide bonds. The Labute approximate surface area is 159 Å². The second kappa shape index (κ2) is 8.70. The minimum absolute atomic E-state index is 0.555. The first-order chi connectivity index (χ1) is 13.1. The number of rotatable bonds is 9. The molecular weight excluding hydrogens is 344 g/mol. The van der Waals surface area contributed by atoms with Crippen molar-refractivity contribution in [2.24, 2.45) is 0 Å². The third kappa shape index (κ3) is 4.87. The molecular formula is C20H26N4O3. The molecule has 3 aromatic rings. The Morgan fingerprint density at radius 3 is 2.41 bits per heavy atom. The summed E-state index contributed by atoms with van der Waals surface area (Å²) in [6.07, 6.45) is 1.21. The van der Waals surface area contributed by atoms with Crippen LogP contribution in [0.2, 0.25) is 0 Å². The summed E-state index contributed by atoms with van der Waals surface area (Å²) in [6.45, 7) is 9.84. The molecule has 2 heterocycles. The maximum Gasteiger partial charge on any atom is 0.220 e. The SMILES string of the molecule is CCOc1ccc(Cc2nnc(CCn3nc(C)cc3C)o2)cc1OCC. The second-order valence-electron chi connectivity index (χ2n) is 6.31. The predicted octanol–water partition coefficient (Wildman–Crippen LogP) is 3.51. The molecule has 0 aliphatic heterocycles. The van der Waals surface area contributed by atoms with Crippen molar-refractivity contribution in [2.45, 2.75) is 47.1 Å². The fourth-order valence-corrected chi connectivity index (χ4v) is 2.94. The van der Waals surface area contributed by atoms with Gasteiger partial charge in [-0.05, 0) is 51.5 Å². The number of ether oxygens (including phenoxy) is 2. The summed E-state index contributed by atoms with van der Waals surface area (Å²) in [5.74, 6) is 2.69. The van der Waals surface area contributed by atoms with Gasteiger partial charge in [0.25, 0.3) is 0 Å². The van der Waals surface area contributed by atoms with Gasteiger partial charge in [-0.2, -0.15) is 5.10 Å². The molecule has 3 rings (SSSR count). The van der Waals surface area contributed by atoms with Crippen LogP contribution in [-0.4, -0.2) is 33.2 Å². The molecule has 27 heavy (non-hydrogen) atoms. The average molecular weight is 370 g/mol. The fraction of sp³-hybridized carbons (Fsp3) is 0.450. The van der Waals surface area contributed by atoms with E-state index in [0.29, 0.717) is 37.8 Å². The number of aromatic nitrogens is 4. The van der Waals surface area contributed by atoms with Crippen LogP contribution < -0.4 is 9.47 Å². The van der Waals surface area contributed by atoms with Gasteiger partial charge in [0.05, 0.1) is 25.3 Å². The van der Waals surface area contributed by atoms with Crippen molar-refractivity contribution in [1.82, 2.24) is 20.0 Å². The van der Waals surface area contributed by atoms with E-state index < -0.39 is 0 Å². The zero-order valence-electron chi connectivity index (χ0n) is 16.4. The van der Waals surface area contributed by atoms with Crippen LogP contribution in [0.1, 0.15) is 42.6 Å². The molecule has 0 N–H and O–H groups in total. The predicted molar refractivity (Wildman–Crippen MR) is 101 cm³/mol. The number of hydrogen-bond acceptors (Lipinski definition) is 6. The highest BCUT2D eigenvalue weighted by Gasteiger charge is 2.11. The van der Waals surface area contributed by atoms with Gasteiger partial charge in [0, 0.05) is 18.7 Å². The summed E-state index contributed by atoms with van der Waals surface area (Å²) >= 11 is 0. The maximum absolute atomic E-state index is 5.80. The van der Waals surface area contributed by atoms with Gasteiger partial charge in [0.1, 0.15) is 0 Å². The van der Waals surface area contributed by atoms with Crippen LogP contribution in [0, 0.1) is 13.8 Å². The highest BCUT2D eigenvalue weighted by Crippen LogP contribution is 2.29. The smallest absolute Gasteiger partial charge is 0.220 e. The Morgan fingerprint density at radius 1 is 0.963 bits per heavy atom. The molecule has 7 heteroatoms. The normalized spacial score (nSPS) is 11.0. The third-order valence-electron chi connectivity index (χ3n) is 4.11. The Bertz CT molecular complexity index is 885. The Morgan fingerprint density at radius 2 is 1.70 bits per heavy atom. The first-order valence-corrected chi connectivity index (χ1v) is 9.29. The van der Waals surface area contributed by atoms with Crippen molar-refractivity contribution in [1.29, 1.82) is 0 Å². The fourth-order valence-electron chi connectivity index (χ4n) is 2.94. The van der Waals surface area contributed by atoms with E-state index in [1.165, 1.54) is 0 Å². The number of aryl methyl sites for hydroxylation is 4. The molecule has 0 aliphatic rings. The summed E-state index contributed by atoms with van der Waals surface area (Å²) in [7, 11) is 0. The van der Waals surface area contributed by atoms with Gasteiger partial charge >= 0.3 is 0 Å². The summed E-state index contributed by atoms with van der Waals surface area (Å²) in [5, 5.41) is 12.8. The van der Waals surface area contributed by atoms with Gasteiger partial charge in [0.2, 0.25) is 11.8 Å². The highest BCUT2D eigenvalue weighted by molar-refractivity contribution is 5.43. The van der Waals surface area contributed by atoms with Gasteiger partial charge in [-0.25, -0.2) is 0 Å². The monoisotopic (exact) mass is 370 g/mol. The summed E-state index contributed by atoms with van der Waals surface area (Å²) < 4.78 is 19.0. The Kier molecular flexibility index (Phi) is 6.11. The molecule has 7 nitrogen and oxygen atoms in total. The van der Waals surface area contributed by atoms with Crippen LogP contribution in [0.3, 0.4) is 0 Å². The molecule has 0 saturated carbocycles. The lowest BCUT2D eigenvalue weighted by atomic mass is 10.1. The Hall–Kier alpha value is -2.83. The van der Waals surface area contributed by atoms with Gasteiger partial charge in [0.15, 0.2) is 11.5 Å². The van der Waals surface area contributed by atoms with Crippen LogP contribution >= 0.6 is 0 Å². The average Bonchev–Trinajstić information content (AvgIpc) is 3.21. The molecule has 144 valence electrons. The molecule has 0 atom stereocenters. The van der Waals surface area contributed by atoms with E-state index in [9.17, 15) is 0 Å². The zero-order valence-corrected chi connectivity index (χ0v) is 16.4. The molecule has 0 unspecified atom stereocenters. The van der Waals surface area contributed by atoms with Crippen molar-refractivity contribution in [3.8, 4) is 11.5 Å². The third-order valence-corrected chi connectivity index (χ3v) is 4.11. The molecule has 0 aliphatic carbocycles. The van der Waals surface area contributed by atoms with E-state index in [2.05, 4.69) is 21.4 Å². The van der Waals surface area contributed by atoms with Gasteiger partial charge in [-0.3, -0.25) is 4.68 Å². The van der Waals surface area contributed by atoms with E-state index in [-0.39, 0.29) is 0 Å². The summed E-state index contributed by atoms with van der Waals surface area (Å²) in [5.41, 5.74) is 3.18. The molecule has 0 fully saturated rings. The van der Waals surface area contributed by atoms with Crippen molar-refractivity contribution in [3.63, 3.8) is 0 Å². The van der Waals surface area contributed by atoms with E-state index in [0.717, 1.165) is 35.0 Å². The number of nitrogens with zero attached hydrogens (tertiary/aromatic N) is 4. The van der Waals surface area contributed by atoms with Crippen molar-refractivity contribution >= 4 is 0 Å². The summed E-state index contributed by atoms with van der Waals surface area (Å²) in [6, 6.07) is 7.94. The minimum atomic E-state index is 0.555. The van der Waals surface area contributed by atoms with Gasteiger partial charge < -0.3 is 13.9 Å². The molecule has 1 aromatic carbocycles. The summed E-state index contributed by atoms with van der Waals surface area (Å²) in [4.78, 5) is 0. The molecule has 0 saturated heterocycles. The molecule has 0 bridgehead atoms. The lowest BCUT2D eigenvalue weighted by molar-refractivity contribution is 0.287. The topological polar surface area (TPSA) is 75.2 Å². The largest absolute Gasteiger partial charge is 0.490 e. The number of benzene rings is 1. The van der Waals surface area contributed by atoms with E-state index in [1.54, 1.807) is 0 Å². The van der Waals surface area contributed by atoms with E-state index in [1.807, 2.05) is 50.6 Å². The highest BCUT2D eigenvalue weighted by atomic mass is 16.5. The molecule has 0 spiro atoms. The Balaban J connectivity index is 1.64. The first kappa shape index (κ1) is 18.9. The van der Waals surface area contributed by atoms with Crippen LogP contribution in [0.4, 0.5) is 0 Å². The first-order valence-electron chi connectivity index (χ1n) is 9.29. The van der Waals surface area contributed by atoms with Crippen molar-refractivity contribution in [2.75, 3.05) is 13.2 Å². The van der Waals surface area contributed by atoms with Crippen LogP contribution in [-0.2, 0) is 19.4 Å². The molecule has 0 radical (unpaired) electrons. The lowest BCUT2D eigenvalue weighted by Crippen LogP contribution is -2.05. The standard InChI is InChI=1S/C20H26N4O3/c1-5-25-17-8-7-16(12-18(17)26-6-2)13-20-22-21-19(27-20)9-10-24-15(4)11-14(3)23-24/h7-8,11-12H,5-6,9-10,13H2,1-4H3. The van der Waals surface area contributed by atoms with Crippen molar-refractivity contribution < 1.29 is 13.9 Å². The zero-order chi connectivity index (χ0) is 19.2. The maximum atomic E-state index is 5.80. The quantitative estimate of drug-likeness (QED) is 0.574.